The Kier molecular flexibility index (Phi) is 4.30. The molecule has 0 spiro atoms. The Labute approximate surface area is 119 Å². The summed E-state index contributed by atoms with van der Waals surface area (Å²) in [6, 6.07) is 4.87. The van der Waals surface area contributed by atoms with Crippen LogP contribution in [0.5, 0.6) is 11.5 Å². The van der Waals surface area contributed by atoms with Gasteiger partial charge in [-0.25, -0.2) is 0 Å². The molecule has 2 N–H and O–H groups in total. The normalized spacial score (nSPS) is 10.4. The van der Waals surface area contributed by atoms with E-state index in [0.717, 1.165) is 5.56 Å². The monoisotopic (exact) mass is 302 g/mol. The molecule has 0 aliphatic carbocycles. The Morgan fingerprint density at radius 3 is 2.44 bits per heavy atom. The molecule has 0 saturated carbocycles. The maximum absolute atomic E-state index is 6.01. The molecule has 0 radical (unpaired) electrons. The fourth-order valence-electron chi connectivity index (χ4n) is 1.34. The SMILES string of the molecule is NCc1cncc(Oc2cc(Cl)c(Cl)cc2Cl)c1. The van der Waals surface area contributed by atoms with E-state index in [1.54, 1.807) is 24.5 Å². The van der Waals surface area contributed by atoms with Gasteiger partial charge in [0.15, 0.2) is 0 Å². The first-order valence-corrected chi connectivity index (χ1v) is 6.20. The molecular weight excluding hydrogens is 295 g/mol. The van der Waals surface area contributed by atoms with E-state index in [0.29, 0.717) is 33.1 Å². The van der Waals surface area contributed by atoms with E-state index < -0.39 is 0 Å². The van der Waals surface area contributed by atoms with Crippen molar-refractivity contribution in [2.45, 2.75) is 6.54 Å². The number of benzene rings is 1. The highest BCUT2D eigenvalue weighted by atomic mass is 35.5. The molecule has 0 bridgehead atoms. The van der Waals surface area contributed by atoms with Crippen LogP contribution < -0.4 is 10.5 Å². The molecular formula is C12H9Cl3N2O. The van der Waals surface area contributed by atoms with E-state index in [4.69, 9.17) is 45.3 Å². The Balaban J connectivity index is 2.30. The molecule has 0 amide bonds. The summed E-state index contributed by atoms with van der Waals surface area (Å²) in [5.41, 5.74) is 6.39. The van der Waals surface area contributed by atoms with E-state index in [2.05, 4.69) is 4.98 Å². The maximum Gasteiger partial charge on any atom is 0.147 e. The summed E-state index contributed by atoms with van der Waals surface area (Å²) in [4.78, 5) is 4.01. The summed E-state index contributed by atoms with van der Waals surface area (Å²) >= 11 is 17.8. The van der Waals surface area contributed by atoms with E-state index >= 15 is 0 Å². The van der Waals surface area contributed by atoms with Crippen molar-refractivity contribution in [3.63, 3.8) is 0 Å². The number of pyridine rings is 1. The minimum Gasteiger partial charge on any atom is -0.454 e. The third-order valence-electron chi connectivity index (χ3n) is 2.21. The fourth-order valence-corrected chi connectivity index (χ4v) is 1.92. The van der Waals surface area contributed by atoms with Crippen LogP contribution in [0, 0.1) is 0 Å². The smallest absolute Gasteiger partial charge is 0.147 e. The molecule has 0 aliphatic heterocycles. The van der Waals surface area contributed by atoms with Crippen LogP contribution in [0.25, 0.3) is 0 Å². The Morgan fingerprint density at radius 1 is 1.00 bits per heavy atom. The number of halogens is 3. The quantitative estimate of drug-likeness (QED) is 0.860. The van der Waals surface area contributed by atoms with Crippen LogP contribution in [0.2, 0.25) is 15.1 Å². The van der Waals surface area contributed by atoms with Crippen LogP contribution in [0.3, 0.4) is 0 Å². The minimum absolute atomic E-state index is 0.374. The van der Waals surface area contributed by atoms with Gasteiger partial charge in [0.1, 0.15) is 11.5 Å². The molecule has 1 heterocycles. The molecule has 6 heteroatoms. The molecule has 1 aromatic heterocycles. The lowest BCUT2D eigenvalue weighted by Crippen LogP contribution is -1.97. The Bertz CT molecular complexity index is 575. The molecule has 18 heavy (non-hydrogen) atoms. The largest absolute Gasteiger partial charge is 0.454 e. The maximum atomic E-state index is 6.01. The zero-order valence-corrected chi connectivity index (χ0v) is 11.4. The number of rotatable bonds is 3. The number of ether oxygens (including phenoxy) is 1. The summed E-state index contributed by atoms with van der Waals surface area (Å²) < 4.78 is 5.59. The van der Waals surface area contributed by atoms with E-state index in [1.165, 1.54) is 6.07 Å². The van der Waals surface area contributed by atoms with E-state index in [9.17, 15) is 0 Å². The second-order valence-corrected chi connectivity index (χ2v) is 4.75. The molecule has 0 fully saturated rings. The molecule has 3 nitrogen and oxygen atoms in total. The standard InChI is InChI=1S/C12H9Cl3N2O/c13-9-2-11(15)12(3-10(9)14)18-8-1-7(4-16)5-17-6-8/h1-3,5-6H,4,16H2. The van der Waals surface area contributed by atoms with Crippen molar-refractivity contribution in [2.75, 3.05) is 0 Å². The molecule has 0 saturated heterocycles. The zero-order valence-electron chi connectivity index (χ0n) is 9.16. The number of hydrogen-bond donors (Lipinski definition) is 1. The predicted molar refractivity (Wildman–Crippen MR) is 73.7 cm³/mol. The Morgan fingerprint density at radius 2 is 1.72 bits per heavy atom. The van der Waals surface area contributed by atoms with Crippen molar-refractivity contribution in [2.24, 2.45) is 5.73 Å². The van der Waals surface area contributed by atoms with Gasteiger partial charge in [-0.3, -0.25) is 4.98 Å². The molecule has 1 aromatic carbocycles. The van der Waals surface area contributed by atoms with Crippen LogP contribution in [0.4, 0.5) is 0 Å². The summed E-state index contributed by atoms with van der Waals surface area (Å²) in [5, 5.41) is 1.13. The van der Waals surface area contributed by atoms with E-state index in [1.807, 2.05) is 0 Å². The topological polar surface area (TPSA) is 48.1 Å². The van der Waals surface area contributed by atoms with Gasteiger partial charge in [-0.1, -0.05) is 34.8 Å². The van der Waals surface area contributed by atoms with Crippen molar-refractivity contribution < 1.29 is 4.74 Å². The number of nitrogens with two attached hydrogens (primary N) is 1. The third-order valence-corrected chi connectivity index (χ3v) is 3.23. The summed E-state index contributed by atoms with van der Waals surface area (Å²) in [6.45, 7) is 0.388. The molecule has 0 atom stereocenters. The average molecular weight is 304 g/mol. The molecule has 94 valence electrons. The van der Waals surface area contributed by atoms with Crippen molar-refractivity contribution in [1.82, 2.24) is 4.98 Å². The van der Waals surface area contributed by atoms with Crippen LogP contribution in [-0.4, -0.2) is 4.98 Å². The second-order valence-electron chi connectivity index (χ2n) is 3.53. The number of aromatic nitrogens is 1. The average Bonchev–Trinajstić information content (AvgIpc) is 2.36. The van der Waals surface area contributed by atoms with Gasteiger partial charge in [-0.2, -0.15) is 0 Å². The lowest BCUT2D eigenvalue weighted by atomic mass is 10.3. The van der Waals surface area contributed by atoms with Gasteiger partial charge in [0.05, 0.1) is 21.3 Å². The van der Waals surface area contributed by atoms with Gasteiger partial charge in [0.2, 0.25) is 0 Å². The highest BCUT2D eigenvalue weighted by Crippen LogP contribution is 2.36. The number of hydrogen-bond acceptors (Lipinski definition) is 3. The van der Waals surface area contributed by atoms with Crippen LogP contribution in [-0.2, 0) is 6.54 Å². The fraction of sp³-hybridized carbons (Fsp3) is 0.0833. The Hall–Kier alpha value is -1.000. The summed E-state index contributed by atoms with van der Waals surface area (Å²) in [7, 11) is 0. The molecule has 2 rings (SSSR count). The van der Waals surface area contributed by atoms with Crippen LogP contribution in [0.1, 0.15) is 5.56 Å². The number of nitrogens with zero attached hydrogens (tertiary/aromatic N) is 1. The van der Waals surface area contributed by atoms with Gasteiger partial charge in [-0.05, 0) is 17.7 Å². The summed E-state index contributed by atoms with van der Waals surface area (Å²) in [6.07, 6.45) is 3.24. The van der Waals surface area contributed by atoms with Crippen LogP contribution in [0.15, 0.2) is 30.6 Å². The first-order chi connectivity index (χ1) is 8.60. The lowest BCUT2D eigenvalue weighted by molar-refractivity contribution is 0.479. The van der Waals surface area contributed by atoms with Crippen molar-refractivity contribution in [3.05, 3.63) is 51.2 Å². The third kappa shape index (κ3) is 3.06. The highest BCUT2D eigenvalue weighted by molar-refractivity contribution is 6.43. The van der Waals surface area contributed by atoms with Crippen molar-refractivity contribution >= 4 is 34.8 Å². The highest BCUT2D eigenvalue weighted by Gasteiger charge is 2.08. The van der Waals surface area contributed by atoms with Gasteiger partial charge < -0.3 is 10.5 Å². The molecule has 0 unspecified atom stereocenters. The second kappa shape index (κ2) is 5.76. The lowest BCUT2D eigenvalue weighted by Gasteiger charge is -2.09. The molecule has 2 aromatic rings. The zero-order chi connectivity index (χ0) is 13.1. The van der Waals surface area contributed by atoms with Gasteiger partial charge >= 0.3 is 0 Å². The first-order valence-electron chi connectivity index (χ1n) is 5.06. The molecule has 0 aliphatic rings. The van der Waals surface area contributed by atoms with Gasteiger partial charge in [0, 0.05) is 18.8 Å². The van der Waals surface area contributed by atoms with Crippen molar-refractivity contribution in [1.29, 1.82) is 0 Å². The van der Waals surface area contributed by atoms with E-state index in [-0.39, 0.29) is 0 Å². The van der Waals surface area contributed by atoms with Crippen molar-refractivity contribution in [3.8, 4) is 11.5 Å². The van der Waals surface area contributed by atoms with Gasteiger partial charge in [0.25, 0.3) is 0 Å². The van der Waals surface area contributed by atoms with Gasteiger partial charge in [-0.15, -0.1) is 0 Å². The minimum atomic E-state index is 0.374. The summed E-state index contributed by atoms with van der Waals surface area (Å²) in [5.74, 6) is 0.959. The predicted octanol–water partition coefficient (Wildman–Crippen LogP) is 4.29. The first kappa shape index (κ1) is 13.4. The van der Waals surface area contributed by atoms with Crippen LogP contribution >= 0.6 is 34.8 Å².